The number of alkyl halides is 13. The van der Waals surface area contributed by atoms with Gasteiger partial charge in [-0.2, -0.15) is 48.3 Å². The number of aliphatic imine (C=N–C) groups is 4. The van der Waals surface area contributed by atoms with E-state index in [-0.39, 0.29) is 58.0 Å². The van der Waals surface area contributed by atoms with Crippen LogP contribution in [0.25, 0.3) is 21.5 Å². The maximum atomic E-state index is 16.4. The molecular weight excluding hydrogens is 1510 g/mol. The summed E-state index contributed by atoms with van der Waals surface area (Å²) in [4.78, 5) is 38.5. The van der Waals surface area contributed by atoms with Crippen molar-refractivity contribution in [1.29, 1.82) is 0 Å². The van der Waals surface area contributed by atoms with Crippen LogP contribution in [-0.4, -0.2) is 137 Å². The van der Waals surface area contributed by atoms with Crippen LogP contribution in [-0.2, 0) is 8.23 Å². The molecular formula is C65H77F13N8O2S8Si3. The number of amidine groups is 4. The van der Waals surface area contributed by atoms with Crippen molar-refractivity contribution in [2.24, 2.45) is 30.0 Å². The predicted molar refractivity (Wildman–Crippen MR) is 396 cm³/mol. The molecule has 0 N–H and O–H groups in total. The third-order valence-electron chi connectivity index (χ3n) is 17.2. The van der Waals surface area contributed by atoms with Crippen molar-refractivity contribution in [3.05, 3.63) is 81.8 Å². The summed E-state index contributed by atoms with van der Waals surface area (Å²) in [6.07, 6.45) is -9.54. The first kappa shape index (κ1) is 79.8. The van der Waals surface area contributed by atoms with Gasteiger partial charge < -0.3 is 8.23 Å². The fraction of sp³-hybridized carbons (Fsp3) is 0.508. The van der Waals surface area contributed by atoms with Gasteiger partial charge in [0.2, 0.25) is 5.92 Å². The van der Waals surface area contributed by atoms with E-state index in [4.69, 9.17) is 38.2 Å². The molecule has 4 aromatic carbocycles. The molecule has 0 fully saturated rings. The first-order valence-electron chi connectivity index (χ1n) is 32.0. The third-order valence-corrected chi connectivity index (χ3v) is 37.8. The van der Waals surface area contributed by atoms with Crippen LogP contribution in [0.1, 0.15) is 115 Å². The molecule has 2 aromatic heterocycles. The zero-order valence-corrected chi connectivity index (χ0v) is 66.3. The van der Waals surface area contributed by atoms with Crippen LogP contribution >= 0.6 is 94.1 Å². The van der Waals surface area contributed by atoms with Crippen molar-refractivity contribution >= 4 is 176 Å². The molecule has 10 rings (SSSR count). The van der Waals surface area contributed by atoms with E-state index in [1.165, 1.54) is 101 Å². The Morgan fingerprint density at radius 2 is 0.798 bits per heavy atom. The van der Waals surface area contributed by atoms with Crippen LogP contribution in [0.2, 0.25) is 36.8 Å². The van der Waals surface area contributed by atoms with Crippen LogP contribution in [0.5, 0.6) is 0 Å². The highest BCUT2D eigenvalue weighted by Crippen LogP contribution is 2.54. The van der Waals surface area contributed by atoms with Gasteiger partial charge in [-0.25, -0.2) is 38.7 Å². The zero-order valence-electron chi connectivity index (χ0n) is 56.8. The molecule has 0 radical (unpaired) electrons. The molecule has 0 saturated heterocycles. The van der Waals surface area contributed by atoms with E-state index in [2.05, 4.69) is 13.8 Å². The van der Waals surface area contributed by atoms with Crippen LogP contribution in [0.4, 0.5) is 68.7 Å². The van der Waals surface area contributed by atoms with Gasteiger partial charge in [0.05, 0.1) is 0 Å². The molecule has 0 amide bonds. The summed E-state index contributed by atoms with van der Waals surface area (Å²) in [6.45, 7) is 10.5. The first-order chi connectivity index (χ1) is 46.6. The lowest BCUT2D eigenvalue weighted by molar-refractivity contribution is -0.282. The quantitative estimate of drug-likeness (QED) is 0.0268. The molecule has 1 unspecified atom stereocenters. The van der Waals surface area contributed by atoms with E-state index in [1.54, 1.807) is 15.0 Å². The van der Waals surface area contributed by atoms with Crippen molar-refractivity contribution in [3.8, 4) is 0 Å². The number of halogens is 13. The topological polar surface area (TPSA) is 102 Å². The van der Waals surface area contributed by atoms with Gasteiger partial charge in [-0.3, -0.25) is 8.47 Å². The van der Waals surface area contributed by atoms with E-state index >= 15 is 30.7 Å². The lowest BCUT2D eigenvalue weighted by atomic mass is 10.1. The number of aromatic nitrogens is 2. The summed E-state index contributed by atoms with van der Waals surface area (Å²) >= 11 is 10.8. The number of hydrogen-bond donors (Lipinski definition) is 0. The minimum Gasteiger partial charge on any atom is -0.404 e. The van der Waals surface area contributed by atoms with Crippen molar-refractivity contribution in [2.45, 2.75) is 199 Å². The number of thioether (sulfide) groups is 8. The van der Waals surface area contributed by atoms with Gasteiger partial charge in [-0.15, -0.1) is 94.1 Å². The standard InChI is InChI=1S/C62H69F13N8O2S8Si3.C3H8/c1-12-14-29-94(11,32-27-58(3,63)64)84-96(85-95(30-15-25-60(67,68)69,31-16-26-61(70,71)72)33-28-59(65,66)62(73,74)75)82-54-46-38(90-8)21-22-39(91-9)47(46)55(82)79-51-44-36(88-6)19-20-37(89-7)45(44)53(77-51)81-57-49-41(93-13-2)24-23-40(92-10)48(49)56(83(57)96)80-52-43-35(87-5)18-17-34(86-4)42(43)50(76-52)78-54;1-3-2/h17-24H,12-16,25-33H2,1-11H3;3H2,1-2H3/t94?,96-;/m0./s1. The molecule has 6 bridgehead atoms. The number of fused-ring (bicyclic) bond motifs is 14. The van der Waals surface area contributed by atoms with E-state index < -0.39 is 113 Å². The molecule has 99 heavy (non-hydrogen) atoms. The second-order valence-corrected chi connectivity index (χ2v) is 43.1. The molecule has 0 saturated carbocycles. The van der Waals surface area contributed by atoms with Crippen LogP contribution in [0.15, 0.2) is 118 Å². The summed E-state index contributed by atoms with van der Waals surface area (Å²) in [5.41, 5.74) is 1.94. The molecule has 4 aliphatic rings. The molecule has 6 aromatic rings. The Labute approximate surface area is 605 Å². The van der Waals surface area contributed by atoms with Crippen molar-refractivity contribution in [2.75, 3.05) is 49.5 Å². The highest BCUT2D eigenvalue weighted by molar-refractivity contribution is 8.00. The lowest BCUT2D eigenvalue weighted by Gasteiger charge is -2.46. The number of benzene rings is 4. The maximum Gasteiger partial charge on any atom is 0.582 e. The van der Waals surface area contributed by atoms with E-state index in [0.717, 1.165) is 6.92 Å². The van der Waals surface area contributed by atoms with E-state index in [0.29, 0.717) is 102 Å². The molecule has 540 valence electrons. The second kappa shape index (κ2) is 31.8. The summed E-state index contributed by atoms with van der Waals surface area (Å²) in [7, 11) is -15.8. The van der Waals surface area contributed by atoms with Gasteiger partial charge in [0.25, 0.3) is 0 Å². The summed E-state index contributed by atoms with van der Waals surface area (Å²) < 4.78 is 220. The summed E-state index contributed by atoms with van der Waals surface area (Å²) in [5, 5.41) is 1.40. The minimum atomic E-state index is -6.26. The number of unbranched alkanes of at least 4 members (excludes halogenated alkanes) is 1. The predicted octanol–water partition coefficient (Wildman–Crippen LogP) is 22.6. The highest BCUT2D eigenvalue weighted by atomic mass is 32.2. The fourth-order valence-corrected chi connectivity index (χ4v) is 34.0. The van der Waals surface area contributed by atoms with Gasteiger partial charge >= 0.3 is 33.3 Å². The Bertz CT molecular complexity index is 4220. The Balaban J connectivity index is 0.00000375. The van der Waals surface area contributed by atoms with Gasteiger partial charge in [0.15, 0.2) is 40.0 Å². The highest BCUT2D eigenvalue weighted by Gasteiger charge is 2.63. The number of rotatable bonds is 28. The van der Waals surface area contributed by atoms with Crippen molar-refractivity contribution < 1.29 is 65.3 Å². The van der Waals surface area contributed by atoms with Crippen LogP contribution in [0.3, 0.4) is 0 Å². The van der Waals surface area contributed by atoms with Crippen LogP contribution in [0, 0.1) is 0 Å². The van der Waals surface area contributed by atoms with Gasteiger partial charge in [-0.05, 0) is 155 Å². The molecule has 0 aliphatic carbocycles. The van der Waals surface area contributed by atoms with Crippen molar-refractivity contribution in [3.63, 3.8) is 0 Å². The molecule has 4 aliphatic heterocycles. The molecule has 2 atom stereocenters. The second-order valence-electron chi connectivity index (χ2n) is 24.4. The Hall–Kier alpha value is -3.30. The Morgan fingerprint density at radius 1 is 0.424 bits per heavy atom. The zero-order chi connectivity index (χ0) is 72.6. The average molecular weight is 1590 g/mol. The SMILES string of the molecule is CCC.CCCC[Si](C)(CCC(C)(F)F)O[Si@@]1(O[Si](CCCC(F)(F)F)(CCCC(F)(F)F)CCC(F)(F)C(F)(F)F)n2c3c4c(SC)ccc(SCC)c4c2N=C2N=C(N=c4c5c(SC)ccc(SC)c5c(n41)=NC1=NC(=N3)c3c(SC)ccc(SC)c31)c1c(SC)ccc(SC)c12. The number of nitrogens with zero attached hydrogens (tertiary/aromatic N) is 8. The van der Waals surface area contributed by atoms with Gasteiger partial charge in [-0.1, -0.05) is 47.0 Å². The van der Waals surface area contributed by atoms with E-state index in [9.17, 15) is 26.3 Å². The largest absolute Gasteiger partial charge is 0.582 e. The van der Waals surface area contributed by atoms with Gasteiger partial charge in [0.1, 0.15) is 22.6 Å². The van der Waals surface area contributed by atoms with E-state index in [1.807, 2.05) is 106 Å². The summed E-state index contributed by atoms with van der Waals surface area (Å²) in [5.74, 6) is -8.36. The monoisotopic (exact) mass is 1590 g/mol. The van der Waals surface area contributed by atoms with Crippen LogP contribution < -0.4 is 11.0 Å². The Morgan fingerprint density at radius 3 is 1.16 bits per heavy atom. The number of hydrogen-bond acceptors (Lipinski definition) is 16. The third kappa shape index (κ3) is 16.6. The lowest BCUT2D eigenvalue weighted by Crippen LogP contribution is -2.71. The normalized spacial score (nSPS) is 16.7. The van der Waals surface area contributed by atoms with Gasteiger partial charge in [0, 0.05) is 109 Å². The smallest absolute Gasteiger partial charge is 0.404 e. The summed E-state index contributed by atoms with van der Waals surface area (Å²) in [6, 6.07) is 11.4. The Kier molecular flexibility index (Phi) is 25.6. The fourth-order valence-electron chi connectivity index (χ4n) is 12.7. The molecule has 10 nitrogen and oxygen atoms in total. The first-order valence-corrected chi connectivity index (χ1v) is 48.6. The van der Waals surface area contributed by atoms with Crippen molar-refractivity contribution in [1.82, 2.24) is 8.47 Å². The molecule has 34 heteroatoms. The molecule has 6 heterocycles. The minimum absolute atomic E-state index is 0.0481. The molecule has 0 spiro atoms. The average Bonchev–Trinajstić information content (AvgIpc) is 1.53. The maximum absolute atomic E-state index is 16.4.